The highest BCUT2D eigenvalue weighted by molar-refractivity contribution is 9.10. The van der Waals surface area contributed by atoms with E-state index in [0.717, 1.165) is 43.1 Å². The third kappa shape index (κ3) is 1.94. The van der Waals surface area contributed by atoms with Crippen LogP contribution in [-0.2, 0) is 5.41 Å². The Balaban J connectivity index is 2.04. The molecular weight excluding hydrogens is 428 g/mol. The molecule has 0 N–H and O–H groups in total. The van der Waals surface area contributed by atoms with Gasteiger partial charge < -0.3 is 18.9 Å². The molecule has 0 bridgehead atoms. The van der Waals surface area contributed by atoms with Crippen molar-refractivity contribution in [2.45, 2.75) is 5.41 Å². The van der Waals surface area contributed by atoms with Gasteiger partial charge in [0.15, 0.2) is 0 Å². The summed E-state index contributed by atoms with van der Waals surface area (Å²) in [6.07, 6.45) is 0. The van der Waals surface area contributed by atoms with Crippen molar-refractivity contribution in [1.29, 1.82) is 0 Å². The molecule has 4 nitrogen and oxygen atoms in total. The lowest BCUT2D eigenvalue weighted by Crippen LogP contribution is -2.32. The van der Waals surface area contributed by atoms with E-state index in [0.29, 0.717) is 13.2 Å². The number of ether oxygens (including phenoxy) is 4. The summed E-state index contributed by atoms with van der Waals surface area (Å²) in [4.78, 5) is 0. The van der Waals surface area contributed by atoms with E-state index in [1.165, 1.54) is 0 Å². The maximum absolute atomic E-state index is 6.03. The Morgan fingerprint density at radius 2 is 1.26 bits per heavy atom. The average molecular weight is 442 g/mol. The van der Waals surface area contributed by atoms with E-state index in [9.17, 15) is 0 Å². The van der Waals surface area contributed by atoms with Crippen LogP contribution in [0.1, 0.15) is 11.1 Å². The van der Waals surface area contributed by atoms with Gasteiger partial charge in [-0.3, -0.25) is 0 Å². The Morgan fingerprint density at radius 3 is 1.65 bits per heavy atom. The molecule has 0 fully saturated rings. The maximum atomic E-state index is 6.03. The van der Waals surface area contributed by atoms with Gasteiger partial charge in [-0.25, -0.2) is 0 Å². The molecule has 0 unspecified atom stereocenters. The minimum Gasteiger partial charge on any atom is -0.496 e. The highest BCUT2D eigenvalue weighted by Crippen LogP contribution is 2.59. The second-order valence-corrected chi connectivity index (χ2v) is 7.28. The lowest BCUT2D eigenvalue weighted by Gasteiger charge is -2.24. The number of halogens is 2. The van der Waals surface area contributed by atoms with Crippen LogP contribution >= 0.6 is 31.9 Å². The van der Waals surface area contributed by atoms with E-state index in [1.54, 1.807) is 14.2 Å². The van der Waals surface area contributed by atoms with E-state index in [4.69, 9.17) is 18.9 Å². The van der Waals surface area contributed by atoms with Crippen LogP contribution in [0.5, 0.6) is 23.0 Å². The summed E-state index contributed by atoms with van der Waals surface area (Å²) >= 11 is 7.14. The fraction of sp³-hybridized carbons (Fsp3) is 0.294. The molecule has 120 valence electrons. The molecule has 0 atom stereocenters. The zero-order chi connectivity index (χ0) is 16.2. The van der Waals surface area contributed by atoms with Gasteiger partial charge in [-0.2, -0.15) is 0 Å². The number of benzene rings is 2. The lowest BCUT2D eigenvalue weighted by atomic mass is 9.77. The molecule has 2 aromatic carbocycles. The molecule has 6 heteroatoms. The molecular formula is C17H14Br2O4. The van der Waals surface area contributed by atoms with E-state index in [-0.39, 0.29) is 0 Å². The van der Waals surface area contributed by atoms with Crippen molar-refractivity contribution in [3.8, 4) is 23.0 Å². The molecule has 0 amide bonds. The van der Waals surface area contributed by atoms with Crippen molar-refractivity contribution < 1.29 is 18.9 Å². The number of methoxy groups -OCH3 is 2. The highest BCUT2D eigenvalue weighted by atomic mass is 79.9. The van der Waals surface area contributed by atoms with Crippen LogP contribution < -0.4 is 18.9 Å². The zero-order valence-corrected chi connectivity index (χ0v) is 15.8. The third-order valence-electron chi connectivity index (χ3n) is 4.47. The molecule has 2 aliphatic rings. The number of rotatable bonds is 2. The topological polar surface area (TPSA) is 36.9 Å². The standard InChI is InChI=1S/C17H14Br2O4/c1-20-11-5-3-9(18)15-13(11)17(7-22-15)8-23-16-10(19)4-6-12(21-2)14(16)17/h3-6H,7-8H2,1-2H3. The van der Waals surface area contributed by atoms with E-state index in [1.807, 2.05) is 24.3 Å². The van der Waals surface area contributed by atoms with Gasteiger partial charge in [0.1, 0.15) is 41.6 Å². The highest BCUT2D eigenvalue weighted by Gasteiger charge is 2.53. The quantitative estimate of drug-likeness (QED) is 0.696. The van der Waals surface area contributed by atoms with Crippen molar-refractivity contribution in [2.75, 3.05) is 27.4 Å². The van der Waals surface area contributed by atoms with Gasteiger partial charge in [0, 0.05) is 0 Å². The number of hydrogen-bond acceptors (Lipinski definition) is 4. The van der Waals surface area contributed by atoms with Crippen LogP contribution in [0.25, 0.3) is 0 Å². The van der Waals surface area contributed by atoms with Crippen LogP contribution in [0.15, 0.2) is 33.2 Å². The van der Waals surface area contributed by atoms with Crippen LogP contribution in [0.3, 0.4) is 0 Å². The van der Waals surface area contributed by atoms with Crippen LogP contribution in [0.2, 0.25) is 0 Å². The second kappa shape index (κ2) is 5.31. The van der Waals surface area contributed by atoms with Crippen molar-refractivity contribution >= 4 is 31.9 Å². The molecule has 2 heterocycles. The first-order valence-electron chi connectivity index (χ1n) is 7.12. The SMILES string of the molecule is COc1ccc(Br)c2c1C1(CO2)COc2c(Br)ccc(OC)c21. The van der Waals surface area contributed by atoms with Crippen molar-refractivity contribution in [3.63, 3.8) is 0 Å². The molecule has 23 heavy (non-hydrogen) atoms. The predicted octanol–water partition coefficient (Wildman–Crippen LogP) is 4.30. The third-order valence-corrected chi connectivity index (χ3v) is 5.71. The summed E-state index contributed by atoms with van der Waals surface area (Å²) < 4.78 is 25.1. The predicted molar refractivity (Wildman–Crippen MR) is 93.2 cm³/mol. The molecule has 4 rings (SSSR count). The first kappa shape index (κ1) is 15.1. The van der Waals surface area contributed by atoms with Crippen LogP contribution in [0, 0.1) is 0 Å². The van der Waals surface area contributed by atoms with Gasteiger partial charge in [0.25, 0.3) is 0 Å². The molecule has 0 saturated heterocycles. The largest absolute Gasteiger partial charge is 0.496 e. The smallest absolute Gasteiger partial charge is 0.141 e. The fourth-order valence-corrected chi connectivity index (χ4v) is 4.34. The molecule has 2 aliphatic heterocycles. The van der Waals surface area contributed by atoms with E-state index in [2.05, 4.69) is 31.9 Å². The molecule has 1 spiro atoms. The fourth-order valence-electron chi connectivity index (χ4n) is 3.45. The molecule has 0 radical (unpaired) electrons. The van der Waals surface area contributed by atoms with Crippen molar-refractivity contribution in [1.82, 2.24) is 0 Å². The lowest BCUT2D eigenvalue weighted by molar-refractivity contribution is 0.233. The van der Waals surface area contributed by atoms with Crippen LogP contribution in [-0.4, -0.2) is 27.4 Å². The van der Waals surface area contributed by atoms with Gasteiger partial charge in [0.2, 0.25) is 0 Å². The summed E-state index contributed by atoms with van der Waals surface area (Å²) in [7, 11) is 3.34. The van der Waals surface area contributed by atoms with Gasteiger partial charge in [0.05, 0.1) is 34.3 Å². The average Bonchev–Trinajstić information content (AvgIpc) is 3.14. The minimum atomic E-state index is -0.436. The molecule has 0 saturated carbocycles. The Labute approximate surface area is 150 Å². The van der Waals surface area contributed by atoms with Crippen molar-refractivity contribution in [3.05, 3.63) is 44.3 Å². The minimum absolute atomic E-state index is 0.436. The summed E-state index contributed by atoms with van der Waals surface area (Å²) in [6.45, 7) is 0.974. The first-order chi connectivity index (χ1) is 11.1. The van der Waals surface area contributed by atoms with E-state index < -0.39 is 5.41 Å². The Kier molecular flexibility index (Phi) is 3.50. The molecule has 0 aliphatic carbocycles. The zero-order valence-electron chi connectivity index (χ0n) is 12.6. The Morgan fingerprint density at radius 1 is 0.826 bits per heavy atom. The van der Waals surface area contributed by atoms with Gasteiger partial charge >= 0.3 is 0 Å². The first-order valence-corrected chi connectivity index (χ1v) is 8.70. The van der Waals surface area contributed by atoms with Gasteiger partial charge in [-0.15, -0.1) is 0 Å². The Bertz CT molecular complexity index is 736. The summed E-state index contributed by atoms with van der Waals surface area (Å²) in [6, 6.07) is 7.76. The summed E-state index contributed by atoms with van der Waals surface area (Å²) in [5, 5.41) is 0. The van der Waals surface area contributed by atoms with Gasteiger partial charge in [-0.1, -0.05) is 0 Å². The second-order valence-electron chi connectivity index (χ2n) is 5.57. The monoisotopic (exact) mass is 440 g/mol. The number of hydrogen-bond donors (Lipinski definition) is 0. The summed E-state index contributed by atoms with van der Waals surface area (Å²) in [5.41, 5.74) is 1.57. The normalized spacial score (nSPS) is 16.5. The molecule has 0 aromatic heterocycles. The Hall–Kier alpha value is -1.40. The maximum Gasteiger partial charge on any atom is 0.141 e. The number of fused-ring (bicyclic) bond motifs is 4. The summed E-state index contributed by atoms with van der Waals surface area (Å²) in [5.74, 6) is 3.20. The van der Waals surface area contributed by atoms with Crippen molar-refractivity contribution in [2.24, 2.45) is 0 Å². The molecule has 2 aromatic rings. The van der Waals surface area contributed by atoms with Crippen LogP contribution in [0.4, 0.5) is 0 Å². The van der Waals surface area contributed by atoms with E-state index >= 15 is 0 Å². The van der Waals surface area contributed by atoms with Gasteiger partial charge in [-0.05, 0) is 56.1 Å².